The van der Waals surface area contributed by atoms with Crippen LogP contribution in [-0.4, -0.2) is 44.1 Å². The van der Waals surface area contributed by atoms with E-state index in [1.807, 2.05) is 0 Å². The minimum atomic E-state index is -3.58. The Hall–Kier alpha value is -1.29. The molecule has 0 unspecified atom stereocenters. The van der Waals surface area contributed by atoms with E-state index in [4.69, 9.17) is 15.4 Å². The Morgan fingerprint density at radius 2 is 1.23 bits per heavy atom. The van der Waals surface area contributed by atoms with Crippen molar-refractivity contribution in [3.05, 3.63) is 0 Å². The van der Waals surface area contributed by atoms with Crippen LogP contribution in [0.15, 0.2) is 0 Å². The number of ether oxygens (including phenoxy) is 2. The Morgan fingerprint density at radius 3 is 1.50 bits per heavy atom. The first-order valence-electron chi connectivity index (χ1n) is 10.2. The Balaban J connectivity index is -0.000000466. The van der Waals surface area contributed by atoms with E-state index >= 15 is 0 Å². The number of ketones is 2. The number of hydrogen-bond donors (Lipinski definition) is 2. The SMILES string of the molecule is CCCCC(CCCC)(C(C)=O)C(=O)OCC.CCOC(=O)CC(C)=O.[O]=[Ti]([OH])[OH]. The molecule has 10 heteroatoms. The number of hydrogen-bond acceptors (Lipinski definition) is 7. The van der Waals surface area contributed by atoms with Crippen molar-refractivity contribution in [3.63, 3.8) is 0 Å². The molecule has 0 amide bonds. The van der Waals surface area contributed by atoms with Crippen LogP contribution in [0.5, 0.6) is 0 Å². The number of esters is 2. The molecule has 0 heterocycles. The summed E-state index contributed by atoms with van der Waals surface area (Å²) in [5, 5.41) is 0. The van der Waals surface area contributed by atoms with Gasteiger partial charge >= 0.3 is 41.3 Å². The first-order chi connectivity index (χ1) is 13.9. The average Bonchev–Trinajstić information content (AvgIpc) is 2.61. The minimum absolute atomic E-state index is 0.0437. The number of Topliss-reactive ketones (excluding diaryl/α,β-unsaturated/α-hetero) is 2. The zero-order valence-electron chi connectivity index (χ0n) is 19.1. The van der Waals surface area contributed by atoms with Gasteiger partial charge in [-0.05, 0) is 40.5 Å². The maximum atomic E-state index is 12.1. The predicted molar refractivity (Wildman–Crippen MR) is 106 cm³/mol. The summed E-state index contributed by atoms with van der Waals surface area (Å²) < 4.78 is 32.8. The van der Waals surface area contributed by atoms with E-state index in [0.29, 0.717) is 26.1 Å². The van der Waals surface area contributed by atoms with Gasteiger partial charge in [0, 0.05) is 0 Å². The topological polar surface area (TPSA) is 144 Å². The molecule has 0 aliphatic carbocycles. The molecule has 0 bridgehead atoms. The van der Waals surface area contributed by atoms with E-state index in [2.05, 4.69) is 18.6 Å². The Kier molecular flexibility index (Phi) is 23.3. The van der Waals surface area contributed by atoms with E-state index in [1.54, 1.807) is 13.8 Å². The third-order valence-corrected chi connectivity index (χ3v) is 3.95. The molecular weight excluding hydrogens is 432 g/mol. The normalized spacial score (nSPS) is 9.87. The summed E-state index contributed by atoms with van der Waals surface area (Å²) in [6, 6.07) is 0. The van der Waals surface area contributed by atoms with Crippen LogP contribution in [0.2, 0.25) is 0 Å². The van der Waals surface area contributed by atoms with Crippen molar-refractivity contribution < 1.29 is 58.0 Å². The van der Waals surface area contributed by atoms with Gasteiger partial charge in [0.1, 0.15) is 23.4 Å². The number of carbonyl (C=O) groups is 4. The molecule has 0 fully saturated rings. The second-order valence-electron chi connectivity index (χ2n) is 6.53. The molecule has 0 aromatic rings. The van der Waals surface area contributed by atoms with Crippen LogP contribution in [0.4, 0.5) is 0 Å². The molecule has 0 rings (SSSR count). The average molecular weight is 470 g/mol. The first kappa shape index (κ1) is 33.4. The van der Waals surface area contributed by atoms with E-state index in [9.17, 15) is 19.2 Å². The molecule has 0 atom stereocenters. The molecule has 2 N–H and O–H groups in total. The second-order valence-corrected chi connectivity index (χ2v) is 7.41. The van der Waals surface area contributed by atoms with Crippen molar-refractivity contribution in [2.24, 2.45) is 5.41 Å². The fraction of sp³-hybridized carbons (Fsp3) is 0.800. The Bertz CT molecular complexity index is 520. The molecule has 0 aliphatic rings. The quantitative estimate of drug-likeness (QED) is 0.250. The number of rotatable bonds is 12. The monoisotopic (exact) mass is 470 g/mol. The zero-order chi connectivity index (χ0) is 24.2. The van der Waals surface area contributed by atoms with Gasteiger partial charge in [-0.25, -0.2) is 0 Å². The molecule has 0 aliphatic heterocycles. The van der Waals surface area contributed by atoms with Gasteiger partial charge < -0.3 is 9.47 Å². The molecule has 0 saturated heterocycles. The van der Waals surface area contributed by atoms with E-state index < -0.39 is 30.0 Å². The Labute approximate surface area is 186 Å². The third kappa shape index (κ3) is 18.7. The van der Waals surface area contributed by atoms with Crippen LogP contribution >= 0.6 is 0 Å². The Morgan fingerprint density at radius 1 is 0.833 bits per heavy atom. The van der Waals surface area contributed by atoms with E-state index in [-0.39, 0.29) is 24.0 Å². The van der Waals surface area contributed by atoms with Crippen molar-refractivity contribution in [1.29, 1.82) is 0 Å². The molecule has 9 nitrogen and oxygen atoms in total. The van der Waals surface area contributed by atoms with Crippen LogP contribution in [0.1, 0.15) is 86.5 Å². The van der Waals surface area contributed by atoms with Gasteiger partial charge in [-0.2, -0.15) is 0 Å². The van der Waals surface area contributed by atoms with Gasteiger partial charge in [-0.15, -0.1) is 0 Å². The molecular formula is C20H38O9Ti. The molecule has 0 aromatic carbocycles. The fourth-order valence-electron chi connectivity index (χ4n) is 2.47. The van der Waals surface area contributed by atoms with Crippen LogP contribution in [0.3, 0.4) is 0 Å². The van der Waals surface area contributed by atoms with E-state index in [1.165, 1.54) is 13.8 Å². The van der Waals surface area contributed by atoms with Crippen molar-refractivity contribution in [2.45, 2.75) is 86.5 Å². The first-order valence-corrected chi connectivity index (χ1v) is 12.2. The molecule has 30 heavy (non-hydrogen) atoms. The van der Waals surface area contributed by atoms with Gasteiger partial charge in [0.05, 0.1) is 13.2 Å². The summed E-state index contributed by atoms with van der Waals surface area (Å²) in [7, 11) is 0. The standard InChI is InChI=1S/C14H26O3.C6H10O3.2H2O.O.Ti/c1-5-8-10-14(12(4)15,11-9-6-2)13(16)17-7-3;1-3-9-6(8)4-5(2)7;;;;/h5-11H2,1-4H3;3-4H2,1-2H3;2*1H2;;/q;;;;;+2/p-2. The van der Waals surface area contributed by atoms with Crippen LogP contribution in [-0.2, 0) is 50.6 Å². The second kappa shape index (κ2) is 21.0. The summed E-state index contributed by atoms with van der Waals surface area (Å²) >= 11 is -3.58. The maximum absolute atomic E-state index is 12.1. The predicted octanol–water partition coefficient (Wildman–Crippen LogP) is 2.80. The molecule has 0 saturated carbocycles. The molecule has 0 aromatic heterocycles. The van der Waals surface area contributed by atoms with Crippen molar-refractivity contribution >= 4 is 23.5 Å². The number of unbranched alkanes of at least 4 members (excludes halogenated alkanes) is 2. The van der Waals surface area contributed by atoms with E-state index in [0.717, 1.165) is 25.7 Å². The van der Waals surface area contributed by atoms with Crippen LogP contribution < -0.4 is 0 Å². The van der Waals surface area contributed by atoms with Gasteiger partial charge in [0.2, 0.25) is 0 Å². The fourth-order valence-corrected chi connectivity index (χ4v) is 2.47. The molecule has 0 spiro atoms. The van der Waals surface area contributed by atoms with Crippen LogP contribution in [0.25, 0.3) is 0 Å². The summed E-state index contributed by atoms with van der Waals surface area (Å²) in [6.45, 7) is 11.2. The summed E-state index contributed by atoms with van der Waals surface area (Å²) in [5.41, 5.74) is -0.887. The van der Waals surface area contributed by atoms with Crippen molar-refractivity contribution in [1.82, 2.24) is 0 Å². The van der Waals surface area contributed by atoms with Gasteiger partial charge in [0.25, 0.3) is 0 Å². The summed E-state index contributed by atoms with van der Waals surface area (Å²) in [5.74, 6) is -0.967. The van der Waals surface area contributed by atoms with Gasteiger partial charge in [-0.3, -0.25) is 19.2 Å². The third-order valence-electron chi connectivity index (χ3n) is 3.95. The zero-order valence-corrected chi connectivity index (χ0v) is 20.7. The van der Waals surface area contributed by atoms with Crippen molar-refractivity contribution in [3.8, 4) is 0 Å². The summed E-state index contributed by atoms with van der Waals surface area (Å²) in [6.07, 6.45) is 4.90. The molecule has 176 valence electrons. The van der Waals surface area contributed by atoms with Gasteiger partial charge in [0.15, 0.2) is 0 Å². The van der Waals surface area contributed by atoms with Crippen LogP contribution in [0, 0.1) is 5.41 Å². The number of carbonyl (C=O) groups excluding carboxylic acids is 4. The molecule has 0 radical (unpaired) electrons. The summed E-state index contributed by atoms with van der Waals surface area (Å²) in [4.78, 5) is 44.6. The van der Waals surface area contributed by atoms with Gasteiger partial charge in [-0.1, -0.05) is 39.5 Å². The van der Waals surface area contributed by atoms with Crippen molar-refractivity contribution in [2.75, 3.05) is 13.2 Å².